The fourth-order valence-electron chi connectivity index (χ4n) is 3.06. The van der Waals surface area contributed by atoms with Gasteiger partial charge >= 0.3 is 18.1 Å². The maximum atomic E-state index is 12.3. The third kappa shape index (κ3) is 9.03. The van der Waals surface area contributed by atoms with E-state index in [1.165, 1.54) is 18.2 Å². The number of unbranched alkanes of at least 4 members (excludes halogenated alkanes) is 1. The van der Waals surface area contributed by atoms with E-state index in [1.807, 2.05) is 0 Å². The van der Waals surface area contributed by atoms with Gasteiger partial charge in [-0.3, -0.25) is 0 Å². The molecule has 0 aliphatic heterocycles. The van der Waals surface area contributed by atoms with Crippen LogP contribution >= 0.6 is 0 Å². The standard InChI is InChI=1S/C26H27F3O6/c1-3-19(16-31)25(33)35-23-13-21(12-22(14-23)34-24(32)17(2)15-30)20-9-7-18(8-10-20)6-4-5-11-26(27,28)29/h3,7-10,12-14,30-31H,2,4-6,11,15-16H2,1H3/b19-3+. The number of halogens is 3. The predicted molar refractivity (Wildman–Crippen MR) is 124 cm³/mol. The third-order valence-corrected chi connectivity index (χ3v) is 5.02. The largest absolute Gasteiger partial charge is 0.423 e. The van der Waals surface area contributed by atoms with E-state index in [9.17, 15) is 27.9 Å². The number of allylic oxidation sites excluding steroid dienone is 1. The Morgan fingerprint density at radius 2 is 1.51 bits per heavy atom. The van der Waals surface area contributed by atoms with Gasteiger partial charge in [0.2, 0.25) is 0 Å². The topological polar surface area (TPSA) is 93.1 Å². The highest BCUT2D eigenvalue weighted by Gasteiger charge is 2.25. The first kappa shape index (κ1) is 27.8. The van der Waals surface area contributed by atoms with E-state index in [2.05, 4.69) is 6.58 Å². The van der Waals surface area contributed by atoms with E-state index in [-0.39, 0.29) is 29.1 Å². The summed E-state index contributed by atoms with van der Waals surface area (Å²) < 4.78 is 47.5. The number of esters is 2. The molecule has 2 N–H and O–H groups in total. The van der Waals surface area contributed by atoms with Crippen LogP contribution in [0, 0.1) is 0 Å². The van der Waals surface area contributed by atoms with Crippen molar-refractivity contribution in [1.82, 2.24) is 0 Å². The Morgan fingerprint density at radius 1 is 0.914 bits per heavy atom. The van der Waals surface area contributed by atoms with E-state index in [4.69, 9.17) is 14.6 Å². The summed E-state index contributed by atoms with van der Waals surface area (Å²) in [6.07, 6.45) is -2.62. The quantitative estimate of drug-likeness (QED) is 0.200. The molecule has 0 atom stereocenters. The van der Waals surface area contributed by atoms with Gasteiger partial charge < -0.3 is 19.7 Å². The van der Waals surface area contributed by atoms with E-state index >= 15 is 0 Å². The van der Waals surface area contributed by atoms with Crippen molar-refractivity contribution in [3.05, 3.63) is 71.8 Å². The lowest BCUT2D eigenvalue weighted by atomic mass is 10.0. The number of aliphatic hydroxyl groups excluding tert-OH is 2. The SMILES string of the molecule is C=C(CO)C(=O)Oc1cc(OC(=O)/C(=C/C)CO)cc(-c2ccc(CCCCC(F)(F)F)cc2)c1. The lowest BCUT2D eigenvalue weighted by molar-refractivity contribution is -0.135. The number of rotatable bonds is 11. The summed E-state index contributed by atoms with van der Waals surface area (Å²) in [4.78, 5) is 24.3. The maximum Gasteiger partial charge on any atom is 0.389 e. The Labute approximate surface area is 201 Å². The molecule has 0 saturated heterocycles. The number of alkyl halides is 3. The number of carbonyl (C=O) groups is 2. The van der Waals surface area contributed by atoms with Crippen molar-refractivity contribution >= 4 is 11.9 Å². The third-order valence-electron chi connectivity index (χ3n) is 5.02. The molecule has 188 valence electrons. The van der Waals surface area contributed by atoms with Crippen LogP contribution in [0.5, 0.6) is 11.5 Å². The van der Waals surface area contributed by atoms with Gasteiger partial charge in [-0.05, 0) is 55.0 Å². The number of aliphatic hydroxyl groups is 2. The van der Waals surface area contributed by atoms with Crippen LogP contribution in [0.25, 0.3) is 11.1 Å². The monoisotopic (exact) mass is 492 g/mol. The summed E-state index contributed by atoms with van der Waals surface area (Å²) in [7, 11) is 0. The Kier molecular flexibility index (Phi) is 10.2. The van der Waals surface area contributed by atoms with Crippen molar-refractivity contribution in [1.29, 1.82) is 0 Å². The molecule has 2 aromatic rings. The molecule has 0 fully saturated rings. The first-order valence-electron chi connectivity index (χ1n) is 10.9. The van der Waals surface area contributed by atoms with Crippen LogP contribution in [0.1, 0.15) is 31.7 Å². The summed E-state index contributed by atoms with van der Waals surface area (Å²) in [5, 5.41) is 18.4. The molecule has 0 saturated carbocycles. The van der Waals surface area contributed by atoms with Gasteiger partial charge in [0.25, 0.3) is 0 Å². The number of carbonyl (C=O) groups excluding carboxylic acids is 2. The molecule has 0 unspecified atom stereocenters. The van der Waals surface area contributed by atoms with Gasteiger partial charge in [-0.2, -0.15) is 13.2 Å². The summed E-state index contributed by atoms with van der Waals surface area (Å²) in [6, 6.07) is 11.4. The van der Waals surface area contributed by atoms with Gasteiger partial charge in [0.05, 0.1) is 24.4 Å². The highest BCUT2D eigenvalue weighted by Crippen LogP contribution is 2.31. The van der Waals surface area contributed by atoms with E-state index in [0.29, 0.717) is 24.0 Å². The molecule has 9 heteroatoms. The molecule has 0 heterocycles. The minimum Gasteiger partial charge on any atom is -0.423 e. The van der Waals surface area contributed by atoms with Gasteiger partial charge in [-0.15, -0.1) is 0 Å². The van der Waals surface area contributed by atoms with Crippen LogP contribution in [-0.4, -0.2) is 41.5 Å². The Bertz CT molecular complexity index is 1070. The molecule has 6 nitrogen and oxygen atoms in total. The zero-order valence-electron chi connectivity index (χ0n) is 19.2. The number of hydrogen-bond donors (Lipinski definition) is 2. The van der Waals surface area contributed by atoms with Crippen LogP contribution in [0.2, 0.25) is 0 Å². The minimum absolute atomic E-state index is 0.0344. The maximum absolute atomic E-state index is 12.3. The first-order valence-corrected chi connectivity index (χ1v) is 10.9. The number of ether oxygens (including phenoxy) is 2. The van der Waals surface area contributed by atoms with Crippen molar-refractivity contribution in [2.24, 2.45) is 0 Å². The molecule has 2 aromatic carbocycles. The predicted octanol–water partition coefficient (Wildman–Crippen LogP) is 4.93. The molecule has 0 aliphatic rings. The van der Waals surface area contributed by atoms with Crippen LogP contribution < -0.4 is 9.47 Å². The average molecular weight is 492 g/mol. The summed E-state index contributed by atoms with van der Waals surface area (Å²) in [5.74, 6) is -1.56. The molecule has 0 amide bonds. The van der Waals surface area contributed by atoms with Gasteiger partial charge in [0.1, 0.15) is 11.5 Å². The second-order valence-electron chi connectivity index (χ2n) is 7.73. The lowest BCUT2D eigenvalue weighted by Crippen LogP contribution is -2.15. The number of aryl methyl sites for hydroxylation is 1. The van der Waals surface area contributed by atoms with Crippen molar-refractivity contribution in [2.75, 3.05) is 13.2 Å². The Morgan fingerprint density at radius 3 is 2.03 bits per heavy atom. The van der Waals surface area contributed by atoms with Gasteiger partial charge in [0.15, 0.2) is 0 Å². The van der Waals surface area contributed by atoms with E-state index in [1.54, 1.807) is 37.3 Å². The summed E-state index contributed by atoms with van der Waals surface area (Å²) >= 11 is 0. The molecular formula is C26H27F3O6. The Balaban J connectivity index is 2.26. The molecule has 2 rings (SSSR count). The highest BCUT2D eigenvalue weighted by atomic mass is 19.4. The molecule has 0 spiro atoms. The number of hydrogen-bond acceptors (Lipinski definition) is 6. The lowest BCUT2D eigenvalue weighted by Gasteiger charge is -2.12. The normalized spacial score (nSPS) is 11.8. The number of benzene rings is 2. The van der Waals surface area contributed by atoms with Crippen LogP contribution in [0.15, 0.2) is 66.3 Å². The van der Waals surface area contributed by atoms with Gasteiger partial charge in [-0.1, -0.05) is 36.9 Å². The van der Waals surface area contributed by atoms with Gasteiger partial charge in [-0.25, -0.2) is 9.59 Å². The summed E-state index contributed by atoms with van der Waals surface area (Å²) in [6.45, 7) is 3.88. The van der Waals surface area contributed by atoms with Crippen molar-refractivity contribution < 1.29 is 42.4 Å². The van der Waals surface area contributed by atoms with Crippen LogP contribution in [0.4, 0.5) is 13.2 Å². The zero-order chi connectivity index (χ0) is 26.0. The molecule has 0 aromatic heterocycles. The van der Waals surface area contributed by atoms with E-state index in [0.717, 1.165) is 5.56 Å². The van der Waals surface area contributed by atoms with Gasteiger partial charge in [0, 0.05) is 12.5 Å². The van der Waals surface area contributed by atoms with Crippen molar-refractivity contribution in [3.8, 4) is 22.6 Å². The smallest absolute Gasteiger partial charge is 0.389 e. The second kappa shape index (κ2) is 12.9. The van der Waals surface area contributed by atoms with Crippen LogP contribution in [-0.2, 0) is 16.0 Å². The summed E-state index contributed by atoms with van der Waals surface area (Å²) in [5.41, 5.74) is 1.94. The molecular weight excluding hydrogens is 465 g/mol. The molecule has 35 heavy (non-hydrogen) atoms. The van der Waals surface area contributed by atoms with E-state index < -0.39 is 37.7 Å². The Hall–Kier alpha value is -3.43. The average Bonchev–Trinajstić information content (AvgIpc) is 2.81. The molecule has 0 radical (unpaired) electrons. The molecule has 0 bridgehead atoms. The zero-order valence-corrected chi connectivity index (χ0v) is 19.2. The van der Waals surface area contributed by atoms with Crippen molar-refractivity contribution in [2.45, 2.75) is 38.8 Å². The highest BCUT2D eigenvalue weighted by molar-refractivity contribution is 5.91. The molecule has 0 aliphatic carbocycles. The first-order chi connectivity index (χ1) is 16.6. The fourth-order valence-corrected chi connectivity index (χ4v) is 3.06. The van der Waals surface area contributed by atoms with Crippen LogP contribution in [0.3, 0.4) is 0 Å². The van der Waals surface area contributed by atoms with Crippen molar-refractivity contribution in [3.63, 3.8) is 0 Å². The second-order valence-corrected chi connectivity index (χ2v) is 7.73. The minimum atomic E-state index is -4.16. The fraction of sp³-hybridized carbons (Fsp3) is 0.308.